The van der Waals surface area contributed by atoms with E-state index < -0.39 is 10.0 Å². The average molecular weight is 268 g/mol. The van der Waals surface area contributed by atoms with Gasteiger partial charge in [-0.05, 0) is 18.2 Å². The van der Waals surface area contributed by atoms with Crippen molar-refractivity contribution >= 4 is 15.7 Å². The van der Waals surface area contributed by atoms with Gasteiger partial charge < -0.3 is 9.84 Å². The number of aromatic nitrogens is 1. The van der Waals surface area contributed by atoms with Gasteiger partial charge in [0.1, 0.15) is 0 Å². The van der Waals surface area contributed by atoms with Crippen LogP contribution in [0.5, 0.6) is 0 Å². The highest BCUT2D eigenvalue weighted by atomic mass is 32.2. The Morgan fingerprint density at radius 3 is 2.89 bits per heavy atom. The zero-order valence-electron chi connectivity index (χ0n) is 9.33. The van der Waals surface area contributed by atoms with Crippen molar-refractivity contribution in [3.8, 4) is 0 Å². The summed E-state index contributed by atoms with van der Waals surface area (Å²) in [6, 6.07) is 4.78. The molecule has 4 N–H and O–H groups in total. The summed E-state index contributed by atoms with van der Waals surface area (Å²) >= 11 is 0. The van der Waals surface area contributed by atoms with E-state index in [1.54, 1.807) is 12.1 Å². The lowest BCUT2D eigenvalue weighted by atomic mass is 10.4. The van der Waals surface area contributed by atoms with Crippen molar-refractivity contribution in [2.24, 2.45) is 5.84 Å². The van der Waals surface area contributed by atoms with Crippen molar-refractivity contribution in [1.29, 1.82) is 0 Å². The topological polar surface area (TPSA) is 110 Å². The minimum absolute atomic E-state index is 0.124. The summed E-state index contributed by atoms with van der Waals surface area (Å²) in [5.41, 5.74) is 3.25. The minimum Gasteiger partial charge on any atom is -0.472 e. The molecule has 0 fully saturated rings. The first-order valence-corrected chi connectivity index (χ1v) is 6.54. The van der Waals surface area contributed by atoms with Gasteiger partial charge in [-0.3, -0.25) is 5.84 Å². The molecule has 0 aliphatic heterocycles. The number of hydrogen-bond acceptors (Lipinski definition) is 6. The molecule has 0 saturated heterocycles. The number of nitrogens with zero attached hydrogens (tertiary/aromatic N) is 1. The van der Waals surface area contributed by atoms with Crippen LogP contribution in [-0.4, -0.2) is 13.4 Å². The van der Waals surface area contributed by atoms with Gasteiger partial charge in [-0.1, -0.05) is 0 Å². The number of nitrogens with one attached hydrogen (secondary N) is 2. The molecular weight excluding hydrogens is 256 g/mol. The Kier molecular flexibility index (Phi) is 3.60. The molecule has 0 saturated carbocycles. The second kappa shape index (κ2) is 5.17. The van der Waals surface area contributed by atoms with E-state index in [9.17, 15) is 8.42 Å². The van der Waals surface area contributed by atoms with Crippen molar-refractivity contribution in [3.05, 3.63) is 42.5 Å². The number of furan rings is 1. The molecule has 7 nitrogen and oxygen atoms in total. The van der Waals surface area contributed by atoms with Crippen LogP contribution in [0.15, 0.2) is 46.4 Å². The van der Waals surface area contributed by atoms with E-state index in [0.717, 1.165) is 5.56 Å². The fourth-order valence-electron chi connectivity index (χ4n) is 1.35. The molecule has 0 radical (unpaired) electrons. The molecule has 2 aromatic heterocycles. The van der Waals surface area contributed by atoms with Crippen LogP contribution in [0.1, 0.15) is 5.56 Å². The molecule has 0 spiro atoms. The molecule has 96 valence electrons. The fraction of sp³-hybridized carbons (Fsp3) is 0.100. The highest BCUT2D eigenvalue weighted by Crippen LogP contribution is 2.16. The van der Waals surface area contributed by atoms with Crippen LogP contribution in [0.4, 0.5) is 5.69 Å². The summed E-state index contributed by atoms with van der Waals surface area (Å²) in [7, 11) is -3.72. The zero-order valence-corrected chi connectivity index (χ0v) is 10.1. The Bertz CT molecular complexity index is 610. The van der Waals surface area contributed by atoms with E-state index in [1.807, 2.05) is 0 Å². The maximum absolute atomic E-state index is 12.0. The summed E-state index contributed by atoms with van der Waals surface area (Å²) in [5, 5.41) is -0.143. The molecule has 18 heavy (non-hydrogen) atoms. The number of nitrogen functional groups attached to an aromatic ring is 1. The van der Waals surface area contributed by atoms with Gasteiger partial charge in [0.15, 0.2) is 5.03 Å². The van der Waals surface area contributed by atoms with Gasteiger partial charge in [0.2, 0.25) is 0 Å². The minimum atomic E-state index is -3.72. The van der Waals surface area contributed by atoms with Gasteiger partial charge in [0, 0.05) is 18.3 Å². The number of anilines is 1. The fourth-order valence-corrected chi connectivity index (χ4v) is 2.46. The normalized spacial score (nSPS) is 11.4. The summed E-state index contributed by atoms with van der Waals surface area (Å²) < 4.78 is 31.3. The van der Waals surface area contributed by atoms with E-state index in [0.29, 0.717) is 0 Å². The molecule has 0 aromatic carbocycles. The van der Waals surface area contributed by atoms with E-state index in [1.165, 1.54) is 24.8 Å². The Hall–Kier alpha value is -1.90. The molecule has 2 rings (SSSR count). The van der Waals surface area contributed by atoms with Crippen LogP contribution in [0.3, 0.4) is 0 Å². The van der Waals surface area contributed by atoms with Crippen LogP contribution < -0.4 is 16.0 Å². The molecule has 8 heteroatoms. The third-order valence-electron chi connectivity index (χ3n) is 2.23. The van der Waals surface area contributed by atoms with Gasteiger partial charge >= 0.3 is 0 Å². The second-order valence-corrected chi connectivity index (χ2v) is 5.14. The van der Waals surface area contributed by atoms with Crippen molar-refractivity contribution in [1.82, 2.24) is 9.71 Å². The van der Waals surface area contributed by atoms with Gasteiger partial charge in [-0.15, -0.1) is 0 Å². The third-order valence-corrected chi connectivity index (χ3v) is 3.59. The number of hydrogen-bond donors (Lipinski definition) is 3. The molecular formula is C10H12N4O3S. The first-order chi connectivity index (χ1) is 8.63. The smallest absolute Gasteiger partial charge is 0.260 e. The summed E-state index contributed by atoms with van der Waals surface area (Å²) in [4.78, 5) is 3.80. The van der Waals surface area contributed by atoms with E-state index in [4.69, 9.17) is 10.3 Å². The molecule has 2 aromatic rings. The van der Waals surface area contributed by atoms with E-state index >= 15 is 0 Å². The Labute approximate surface area is 104 Å². The molecule has 0 bridgehead atoms. The highest BCUT2D eigenvalue weighted by molar-refractivity contribution is 7.89. The maximum Gasteiger partial charge on any atom is 0.260 e. The summed E-state index contributed by atoms with van der Waals surface area (Å²) in [6.45, 7) is 0.124. The van der Waals surface area contributed by atoms with Crippen molar-refractivity contribution in [2.45, 2.75) is 11.6 Å². The standard InChI is InChI=1S/C10H12N4O3S/c11-14-9-2-1-4-12-10(9)18(15,16)13-6-8-3-5-17-7-8/h1-5,7,13-14H,6,11H2. The predicted octanol–water partition coefficient (Wildman–Crippen LogP) is 0.439. The molecule has 0 aliphatic carbocycles. The molecule has 0 unspecified atom stereocenters. The lowest BCUT2D eigenvalue weighted by Crippen LogP contribution is -2.25. The first-order valence-electron chi connectivity index (χ1n) is 5.06. The Morgan fingerprint density at radius 2 is 2.22 bits per heavy atom. The van der Waals surface area contributed by atoms with Crippen LogP contribution in [0, 0.1) is 0 Å². The Balaban J connectivity index is 2.20. The van der Waals surface area contributed by atoms with E-state index in [-0.39, 0.29) is 17.3 Å². The number of hydrazine groups is 1. The van der Waals surface area contributed by atoms with Crippen molar-refractivity contribution < 1.29 is 12.8 Å². The van der Waals surface area contributed by atoms with Gasteiger partial charge in [0.25, 0.3) is 10.0 Å². The number of pyridine rings is 1. The molecule has 0 atom stereocenters. The highest BCUT2D eigenvalue weighted by Gasteiger charge is 2.19. The quantitative estimate of drug-likeness (QED) is 0.536. The maximum atomic E-state index is 12.0. The molecule has 0 aliphatic rings. The average Bonchev–Trinajstić information content (AvgIpc) is 2.89. The van der Waals surface area contributed by atoms with Crippen LogP contribution >= 0.6 is 0 Å². The first kappa shape index (κ1) is 12.6. The van der Waals surface area contributed by atoms with Crippen molar-refractivity contribution in [2.75, 3.05) is 5.43 Å². The largest absolute Gasteiger partial charge is 0.472 e. The lowest BCUT2D eigenvalue weighted by Gasteiger charge is -2.08. The van der Waals surface area contributed by atoms with Crippen LogP contribution in [-0.2, 0) is 16.6 Å². The SMILES string of the molecule is NNc1cccnc1S(=O)(=O)NCc1ccoc1. The van der Waals surface area contributed by atoms with Gasteiger partial charge in [0.05, 0.1) is 18.2 Å². The zero-order chi connectivity index (χ0) is 13.0. The number of rotatable bonds is 5. The third kappa shape index (κ3) is 2.67. The van der Waals surface area contributed by atoms with Crippen LogP contribution in [0.25, 0.3) is 0 Å². The van der Waals surface area contributed by atoms with Gasteiger partial charge in [-0.2, -0.15) is 0 Å². The monoisotopic (exact) mass is 268 g/mol. The lowest BCUT2D eigenvalue weighted by molar-refractivity contribution is 0.560. The van der Waals surface area contributed by atoms with Crippen LogP contribution in [0.2, 0.25) is 0 Å². The summed E-state index contributed by atoms with van der Waals surface area (Å²) in [6.07, 6.45) is 4.31. The second-order valence-electron chi connectivity index (χ2n) is 3.46. The Morgan fingerprint density at radius 1 is 1.39 bits per heavy atom. The van der Waals surface area contributed by atoms with Crippen molar-refractivity contribution in [3.63, 3.8) is 0 Å². The molecule has 2 heterocycles. The van der Waals surface area contributed by atoms with E-state index in [2.05, 4.69) is 15.1 Å². The number of nitrogens with two attached hydrogens (primary N) is 1. The summed E-state index contributed by atoms with van der Waals surface area (Å²) in [5.74, 6) is 5.24. The van der Waals surface area contributed by atoms with Gasteiger partial charge in [-0.25, -0.2) is 18.1 Å². The number of sulfonamides is 1. The predicted molar refractivity (Wildman–Crippen MR) is 64.8 cm³/mol. The molecule has 0 amide bonds.